The van der Waals surface area contributed by atoms with Crippen molar-refractivity contribution in [1.82, 2.24) is 4.98 Å². The van der Waals surface area contributed by atoms with Crippen molar-refractivity contribution >= 4 is 27.5 Å². The normalized spacial score (nSPS) is 10.2. The molecular weight excluding hydrogens is 265 g/mol. The summed E-state index contributed by atoms with van der Waals surface area (Å²) in [6, 6.07) is 2.73. The zero-order valence-corrected chi connectivity index (χ0v) is 8.40. The molecule has 0 aliphatic rings. The van der Waals surface area contributed by atoms with Crippen LogP contribution in [0.15, 0.2) is 10.5 Å². The summed E-state index contributed by atoms with van der Waals surface area (Å²) < 4.78 is 24.5. The van der Waals surface area contributed by atoms with E-state index in [1.54, 1.807) is 6.07 Å². The summed E-state index contributed by atoms with van der Waals surface area (Å²) in [7, 11) is 0. The largest absolute Gasteiger partial charge is 0.280 e. The smallest absolute Gasteiger partial charge is 0.234 e. The zero-order chi connectivity index (χ0) is 10.0. The Bertz CT molecular complexity index is 375. The third kappa shape index (κ3) is 2.14. The highest BCUT2D eigenvalue weighted by Crippen LogP contribution is 2.28. The molecule has 0 bridgehead atoms. The lowest BCUT2D eigenvalue weighted by Crippen LogP contribution is -1.93. The number of aromatic nitrogens is 1. The minimum atomic E-state index is -2.72. The van der Waals surface area contributed by atoms with Gasteiger partial charge in [0.1, 0.15) is 16.9 Å². The molecule has 0 amide bonds. The molecule has 0 saturated heterocycles. The number of nitrogens with zero attached hydrogens (tertiary/aromatic N) is 2. The number of hydrogen-bond donors (Lipinski definition) is 0. The van der Waals surface area contributed by atoms with Crippen molar-refractivity contribution in [2.45, 2.75) is 6.43 Å². The second-order valence-electron chi connectivity index (χ2n) is 2.11. The van der Waals surface area contributed by atoms with Crippen molar-refractivity contribution in [1.29, 1.82) is 5.26 Å². The van der Waals surface area contributed by atoms with Crippen LogP contribution in [-0.4, -0.2) is 4.98 Å². The molecule has 0 radical (unpaired) electrons. The molecule has 6 heteroatoms. The first-order valence-electron chi connectivity index (χ1n) is 3.10. The summed E-state index contributed by atoms with van der Waals surface area (Å²) in [6.45, 7) is 0. The molecule has 1 heterocycles. The molecule has 0 saturated carbocycles. The van der Waals surface area contributed by atoms with Crippen LogP contribution in [0.1, 0.15) is 17.7 Å². The van der Waals surface area contributed by atoms with E-state index in [0.29, 0.717) is 0 Å². The molecule has 1 rings (SSSR count). The molecular formula is C7H2BrClF2N2. The lowest BCUT2D eigenvalue weighted by atomic mass is 10.2. The van der Waals surface area contributed by atoms with Crippen LogP contribution in [0.25, 0.3) is 0 Å². The lowest BCUT2D eigenvalue weighted by molar-refractivity contribution is 0.146. The van der Waals surface area contributed by atoms with Gasteiger partial charge in [-0.25, -0.2) is 13.8 Å². The Morgan fingerprint density at radius 3 is 2.69 bits per heavy atom. The van der Waals surface area contributed by atoms with Crippen LogP contribution >= 0.6 is 27.5 Å². The van der Waals surface area contributed by atoms with E-state index in [1.807, 2.05) is 0 Å². The second-order valence-corrected chi connectivity index (χ2v) is 3.26. The first-order valence-corrected chi connectivity index (χ1v) is 4.27. The number of nitriles is 1. The second kappa shape index (κ2) is 3.99. The van der Waals surface area contributed by atoms with Gasteiger partial charge < -0.3 is 0 Å². The van der Waals surface area contributed by atoms with E-state index in [1.165, 1.54) is 0 Å². The van der Waals surface area contributed by atoms with E-state index < -0.39 is 12.1 Å². The minimum absolute atomic E-state index is 0.0512. The van der Waals surface area contributed by atoms with Gasteiger partial charge in [0.25, 0.3) is 6.43 Å². The third-order valence-corrected chi connectivity index (χ3v) is 2.59. The average Bonchev–Trinajstić information content (AvgIpc) is 2.09. The molecule has 0 aliphatic carbocycles. The number of rotatable bonds is 1. The Morgan fingerprint density at radius 1 is 1.62 bits per heavy atom. The number of halogens is 4. The van der Waals surface area contributed by atoms with Crippen molar-refractivity contribution in [2.75, 3.05) is 0 Å². The van der Waals surface area contributed by atoms with Gasteiger partial charge in [0, 0.05) is 0 Å². The van der Waals surface area contributed by atoms with E-state index in [4.69, 9.17) is 16.9 Å². The van der Waals surface area contributed by atoms with Crippen molar-refractivity contribution < 1.29 is 8.78 Å². The predicted molar refractivity (Wildman–Crippen MR) is 46.6 cm³/mol. The van der Waals surface area contributed by atoms with Crippen LogP contribution in [0.2, 0.25) is 5.15 Å². The molecule has 0 atom stereocenters. The lowest BCUT2D eigenvalue weighted by Gasteiger charge is -2.02. The van der Waals surface area contributed by atoms with Crippen molar-refractivity contribution in [2.24, 2.45) is 0 Å². The summed E-state index contributed by atoms with van der Waals surface area (Å²) in [5.41, 5.74) is -0.444. The maximum Gasteiger partial charge on any atom is 0.280 e. The Balaban J connectivity index is 3.32. The van der Waals surface area contributed by atoms with Crippen molar-refractivity contribution in [3.63, 3.8) is 0 Å². The first kappa shape index (κ1) is 10.4. The molecule has 2 nitrogen and oxygen atoms in total. The Hall–Kier alpha value is -0.730. The highest BCUT2D eigenvalue weighted by atomic mass is 79.9. The highest BCUT2D eigenvalue weighted by molar-refractivity contribution is 9.10. The summed E-state index contributed by atoms with van der Waals surface area (Å²) in [5, 5.41) is 8.41. The maximum absolute atomic E-state index is 12.1. The summed E-state index contributed by atoms with van der Waals surface area (Å²) in [5.74, 6) is 0. The molecule has 68 valence electrons. The topological polar surface area (TPSA) is 36.7 Å². The Kier molecular flexibility index (Phi) is 3.17. The van der Waals surface area contributed by atoms with E-state index in [2.05, 4.69) is 20.9 Å². The quantitative estimate of drug-likeness (QED) is 0.732. The predicted octanol–water partition coefficient (Wildman–Crippen LogP) is 3.31. The Labute approximate surface area is 86.3 Å². The average molecular weight is 267 g/mol. The van der Waals surface area contributed by atoms with Crippen LogP contribution in [0, 0.1) is 11.3 Å². The van der Waals surface area contributed by atoms with Gasteiger partial charge in [0.05, 0.1) is 10.0 Å². The maximum atomic E-state index is 12.1. The van der Waals surface area contributed by atoms with E-state index in [-0.39, 0.29) is 15.2 Å². The monoisotopic (exact) mass is 266 g/mol. The van der Waals surface area contributed by atoms with Gasteiger partial charge >= 0.3 is 0 Å². The molecule has 1 aromatic heterocycles. The Morgan fingerprint density at radius 2 is 2.23 bits per heavy atom. The molecule has 13 heavy (non-hydrogen) atoms. The van der Waals surface area contributed by atoms with Crippen LogP contribution < -0.4 is 0 Å². The van der Waals surface area contributed by atoms with E-state index in [9.17, 15) is 8.78 Å². The molecule has 0 fully saturated rings. The van der Waals surface area contributed by atoms with Crippen molar-refractivity contribution in [3.8, 4) is 6.07 Å². The van der Waals surface area contributed by atoms with Crippen LogP contribution in [0.4, 0.5) is 8.78 Å². The first-order chi connectivity index (χ1) is 6.06. The molecule has 0 aromatic carbocycles. The number of pyridine rings is 1. The number of hydrogen-bond acceptors (Lipinski definition) is 2. The SMILES string of the molecule is N#Cc1cc(C(F)F)nc(Cl)c1Br. The van der Waals surface area contributed by atoms with Gasteiger partial charge in [-0.15, -0.1) is 0 Å². The van der Waals surface area contributed by atoms with Gasteiger partial charge in [-0.1, -0.05) is 11.6 Å². The van der Waals surface area contributed by atoms with Gasteiger partial charge in [-0.05, 0) is 22.0 Å². The van der Waals surface area contributed by atoms with Gasteiger partial charge in [-0.3, -0.25) is 0 Å². The van der Waals surface area contributed by atoms with Gasteiger partial charge in [-0.2, -0.15) is 5.26 Å². The summed E-state index contributed by atoms with van der Waals surface area (Å²) in [4.78, 5) is 3.40. The fourth-order valence-corrected chi connectivity index (χ4v) is 1.20. The minimum Gasteiger partial charge on any atom is -0.234 e. The standard InChI is InChI=1S/C7H2BrClF2N2/c8-5-3(2-12)1-4(7(10)11)13-6(5)9/h1,7H. The fourth-order valence-electron chi connectivity index (χ4n) is 0.710. The van der Waals surface area contributed by atoms with E-state index >= 15 is 0 Å². The van der Waals surface area contributed by atoms with Crippen LogP contribution in [-0.2, 0) is 0 Å². The summed E-state index contributed by atoms with van der Waals surface area (Å²) >= 11 is 8.46. The third-order valence-electron chi connectivity index (χ3n) is 1.28. The fraction of sp³-hybridized carbons (Fsp3) is 0.143. The van der Waals surface area contributed by atoms with Crippen LogP contribution in [0.3, 0.4) is 0 Å². The highest BCUT2D eigenvalue weighted by Gasteiger charge is 2.14. The zero-order valence-electron chi connectivity index (χ0n) is 6.06. The van der Waals surface area contributed by atoms with Crippen molar-refractivity contribution in [3.05, 3.63) is 26.9 Å². The molecule has 0 unspecified atom stereocenters. The molecule has 0 spiro atoms. The molecule has 0 aliphatic heterocycles. The van der Waals surface area contributed by atoms with Crippen LogP contribution in [0.5, 0.6) is 0 Å². The molecule has 0 N–H and O–H groups in total. The van der Waals surface area contributed by atoms with Gasteiger partial charge in [0.15, 0.2) is 0 Å². The number of alkyl halides is 2. The van der Waals surface area contributed by atoms with Gasteiger partial charge in [0.2, 0.25) is 0 Å². The molecule has 1 aromatic rings. The van der Waals surface area contributed by atoms with E-state index in [0.717, 1.165) is 6.07 Å². The summed E-state index contributed by atoms with van der Waals surface area (Å²) in [6.07, 6.45) is -2.72.